The van der Waals surface area contributed by atoms with Crippen molar-refractivity contribution in [2.45, 2.75) is 45.6 Å². The average molecular weight is 209 g/mol. The molecule has 2 N–H and O–H groups in total. The summed E-state index contributed by atoms with van der Waals surface area (Å²) < 4.78 is 0. The van der Waals surface area contributed by atoms with Crippen molar-refractivity contribution in [2.75, 3.05) is 0 Å². The van der Waals surface area contributed by atoms with E-state index in [4.69, 9.17) is 5.73 Å². The van der Waals surface area contributed by atoms with Gasteiger partial charge in [0.15, 0.2) is 0 Å². The van der Waals surface area contributed by atoms with Crippen molar-refractivity contribution in [3.05, 3.63) is 21.4 Å². The van der Waals surface area contributed by atoms with Crippen molar-refractivity contribution in [2.24, 2.45) is 11.7 Å². The summed E-state index contributed by atoms with van der Waals surface area (Å²) in [7, 11) is 0. The van der Waals surface area contributed by atoms with Crippen molar-refractivity contribution in [3.8, 4) is 0 Å². The summed E-state index contributed by atoms with van der Waals surface area (Å²) >= 11 is 1.92. The molecule has 2 rings (SSSR count). The Morgan fingerprint density at radius 3 is 3.07 bits per heavy atom. The molecule has 14 heavy (non-hydrogen) atoms. The summed E-state index contributed by atoms with van der Waals surface area (Å²) in [6.07, 6.45) is 4.90. The number of rotatable bonds is 2. The van der Waals surface area contributed by atoms with Crippen LogP contribution in [0.3, 0.4) is 0 Å². The number of hydrogen-bond donors (Lipinski definition) is 1. The molecular formula is C12H19NS. The summed E-state index contributed by atoms with van der Waals surface area (Å²) in [6, 6.07) is 0.318. The molecule has 1 aromatic heterocycles. The maximum absolute atomic E-state index is 6.17. The lowest BCUT2D eigenvalue weighted by Gasteiger charge is -2.20. The monoisotopic (exact) mass is 209 g/mol. The maximum Gasteiger partial charge on any atom is 0.0308 e. The van der Waals surface area contributed by atoms with E-state index in [0.29, 0.717) is 6.04 Å². The van der Waals surface area contributed by atoms with Crippen molar-refractivity contribution >= 4 is 11.3 Å². The molecule has 0 saturated carbocycles. The van der Waals surface area contributed by atoms with E-state index in [0.717, 1.165) is 5.92 Å². The fraction of sp³-hybridized carbons (Fsp3) is 0.667. The third kappa shape index (κ3) is 1.86. The van der Waals surface area contributed by atoms with Crippen LogP contribution in [-0.4, -0.2) is 0 Å². The standard InChI is InChI=1S/C12H19NS/c1-8(2)6-9-7-14-11-5-3-4-10(13)12(9)11/h7-8,10H,3-6,13H2,1-2H3. The third-order valence-corrected chi connectivity index (χ3v) is 4.02. The minimum atomic E-state index is 0.318. The van der Waals surface area contributed by atoms with E-state index in [1.807, 2.05) is 11.3 Å². The SMILES string of the molecule is CC(C)Cc1csc2c1C(N)CCC2. The Morgan fingerprint density at radius 1 is 1.57 bits per heavy atom. The molecule has 1 heterocycles. The highest BCUT2D eigenvalue weighted by Crippen LogP contribution is 2.36. The van der Waals surface area contributed by atoms with E-state index in [9.17, 15) is 0 Å². The van der Waals surface area contributed by atoms with Crippen molar-refractivity contribution in [1.82, 2.24) is 0 Å². The molecule has 78 valence electrons. The van der Waals surface area contributed by atoms with Crippen LogP contribution in [0.5, 0.6) is 0 Å². The highest BCUT2D eigenvalue weighted by molar-refractivity contribution is 7.10. The molecule has 1 nitrogen and oxygen atoms in total. The fourth-order valence-corrected chi connectivity index (χ4v) is 3.49. The van der Waals surface area contributed by atoms with Gasteiger partial charge in [0.1, 0.15) is 0 Å². The van der Waals surface area contributed by atoms with Crippen LogP contribution < -0.4 is 5.73 Å². The smallest absolute Gasteiger partial charge is 0.0308 e. The molecule has 1 aromatic rings. The minimum Gasteiger partial charge on any atom is -0.324 e. The molecule has 1 atom stereocenters. The van der Waals surface area contributed by atoms with Gasteiger partial charge in [-0.3, -0.25) is 0 Å². The minimum absolute atomic E-state index is 0.318. The molecular weight excluding hydrogens is 190 g/mol. The first-order chi connectivity index (χ1) is 6.68. The second kappa shape index (κ2) is 4.03. The molecule has 0 bridgehead atoms. The summed E-state index contributed by atoms with van der Waals surface area (Å²) in [6.45, 7) is 4.55. The molecule has 0 radical (unpaired) electrons. The van der Waals surface area contributed by atoms with Crippen molar-refractivity contribution < 1.29 is 0 Å². The van der Waals surface area contributed by atoms with Crippen LogP contribution in [0, 0.1) is 5.92 Å². The van der Waals surface area contributed by atoms with Gasteiger partial charge >= 0.3 is 0 Å². The molecule has 0 spiro atoms. The normalized spacial score (nSPS) is 21.3. The topological polar surface area (TPSA) is 26.0 Å². The zero-order chi connectivity index (χ0) is 10.1. The van der Waals surface area contributed by atoms with Gasteiger partial charge in [0.2, 0.25) is 0 Å². The Morgan fingerprint density at radius 2 is 2.36 bits per heavy atom. The van der Waals surface area contributed by atoms with Crippen molar-refractivity contribution in [3.63, 3.8) is 0 Å². The summed E-state index contributed by atoms with van der Waals surface area (Å²) in [5.41, 5.74) is 9.19. The van der Waals surface area contributed by atoms with Crippen LogP contribution in [0.1, 0.15) is 48.7 Å². The van der Waals surface area contributed by atoms with Gasteiger partial charge in [0.25, 0.3) is 0 Å². The number of fused-ring (bicyclic) bond motifs is 1. The third-order valence-electron chi connectivity index (χ3n) is 2.91. The molecule has 0 aromatic carbocycles. The number of aryl methyl sites for hydroxylation is 1. The Hall–Kier alpha value is -0.340. The molecule has 1 unspecified atom stereocenters. The van der Waals surface area contributed by atoms with Crippen LogP contribution in [-0.2, 0) is 12.8 Å². The Kier molecular flexibility index (Phi) is 2.93. The van der Waals surface area contributed by atoms with Gasteiger partial charge < -0.3 is 5.73 Å². The quantitative estimate of drug-likeness (QED) is 0.794. The molecule has 1 aliphatic rings. The van der Waals surface area contributed by atoms with Gasteiger partial charge in [-0.2, -0.15) is 0 Å². The zero-order valence-corrected chi connectivity index (χ0v) is 9.86. The van der Waals surface area contributed by atoms with E-state index < -0.39 is 0 Å². The number of hydrogen-bond acceptors (Lipinski definition) is 2. The van der Waals surface area contributed by atoms with Gasteiger partial charge in [0, 0.05) is 10.9 Å². The summed E-state index contributed by atoms with van der Waals surface area (Å²) in [4.78, 5) is 1.56. The van der Waals surface area contributed by atoms with Crippen LogP contribution >= 0.6 is 11.3 Å². The highest BCUT2D eigenvalue weighted by Gasteiger charge is 2.22. The maximum atomic E-state index is 6.17. The van der Waals surface area contributed by atoms with Gasteiger partial charge in [-0.15, -0.1) is 11.3 Å². The van der Waals surface area contributed by atoms with Gasteiger partial charge in [-0.1, -0.05) is 13.8 Å². The number of thiophene rings is 1. The highest BCUT2D eigenvalue weighted by atomic mass is 32.1. The first-order valence-corrected chi connectivity index (χ1v) is 6.41. The van der Waals surface area contributed by atoms with Crippen LogP contribution in [0.2, 0.25) is 0 Å². The van der Waals surface area contributed by atoms with E-state index >= 15 is 0 Å². The Bertz CT molecular complexity index is 314. The lowest BCUT2D eigenvalue weighted by Crippen LogP contribution is -2.17. The van der Waals surface area contributed by atoms with Crippen molar-refractivity contribution in [1.29, 1.82) is 0 Å². The van der Waals surface area contributed by atoms with Crippen LogP contribution in [0.4, 0.5) is 0 Å². The second-order valence-electron chi connectivity index (χ2n) is 4.69. The summed E-state index contributed by atoms with van der Waals surface area (Å²) in [5, 5.41) is 2.33. The molecule has 0 aliphatic heterocycles. The predicted molar refractivity (Wildman–Crippen MR) is 62.7 cm³/mol. The van der Waals surface area contributed by atoms with Gasteiger partial charge in [-0.25, -0.2) is 0 Å². The first-order valence-electron chi connectivity index (χ1n) is 5.53. The first kappa shape index (κ1) is 10.2. The fourth-order valence-electron chi connectivity index (χ4n) is 2.31. The lowest BCUT2D eigenvalue weighted by molar-refractivity contribution is 0.562. The van der Waals surface area contributed by atoms with Crippen LogP contribution in [0.15, 0.2) is 5.38 Å². The summed E-state index contributed by atoms with van der Waals surface area (Å²) in [5.74, 6) is 0.739. The van der Waals surface area contributed by atoms with E-state index in [1.54, 1.807) is 4.88 Å². The Balaban J connectivity index is 2.29. The van der Waals surface area contributed by atoms with Crippen LogP contribution in [0.25, 0.3) is 0 Å². The molecule has 0 amide bonds. The molecule has 1 aliphatic carbocycles. The van der Waals surface area contributed by atoms with Gasteiger partial charge in [-0.05, 0) is 48.1 Å². The largest absolute Gasteiger partial charge is 0.324 e. The predicted octanol–water partition coefficient (Wildman–Crippen LogP) is 3.28. The van der Waals surface area contributed by atoms with Gasteiger partial charge in [0.05, 0.1) is 0 Å². The average Bonchev–Trinajstić information content (AvgIpc) is 2.49. The zero-order valence-electron chi connectivity index (χ0n) is 9.05. The second-order valence-corrected chi connectivity index (χ2v) is 5.66. The molecule has 2 heteroatoms. The van der Waals surface area contributed by atoms with E-state index in [2.05, 4.69) is 19.2 Å². The number of nitrogens with two attached hydrogens (primary N) is 1. The molecule has 0 fully saturated rings. The van der Waals surface area contributed by atoms with E-state index in [1.165, 1.54) is 36.8 Å². The lowest BCUT2D eigenvalue weighted by atomic mass is 9.89. The van der Waals surface area contributed by atoms with E-state index in [-0.39, 0.29) is 0 Å². The molecule has 0 saturated heterocycles. The Labute approximate surface area is 90.3 Å².